The lowest BCUT2D eigenvalue weighted by molar-refractivity contribution is -0.121. The molecule has 5 heteroatoms. The maximum absolute atomic E-state index is 12.2. The minimum Gasteiger partial charge on any atom is -0.354 e. The number of nitrogens with one attached hydrogen (secondary N) is 1. The van der Waals surface area contributed by atoms with Crippen molar-refractivity contribution in [3.63, 3.8) is 0 Å². The van der Waals surface area contributed by atoms with Crippen molar-refractivity contribution in [2.24, 2.45) is 7.05 Å². The van der Waals surface area contributed by atoms with Gasteiger partial charge in [-0.05, 0) is 37.4 Å². The molecule has 0 bridgehead atoms. The second-order valence-electron chi connectivity index (χ2n) is 6.98. The van der Waals surface area contributed by atoms with E-state index in [2.05, 4.69) is 46.5 Å². The average molecular weight is 326 g/mol. The molecule has 0 radical (unpaired) electrons. The van der Waals surface area contributed by atoms with E-state index in [0.717, 1.165) is 25.1 Å². The monoisotopic (exact) mass is 326 g/mol. The summed E-state index contributed by atoms with van der Waals surface area (Å²) in [5.41, 5.74) is 2.31. The number of carbonyl (C=O) groups excluding carboxylic acids is 1. The third-order valence-electron chi connectivity index (χ3n) is 4.91. The molecule has 1 amide bonds. The summed E-state index contributed by atoms with van der Waals surface area (Å²) in [7, 11) is 1.86. The van der Waals surface area contributed by atoms with E-state index in [1.807, 2.05) is 19.3 Å². The first-order chi connectivity index (χ1) is 11.5. The van der Waals surface area contributed by atoms with Gasteiger partial charge in [-0.15, -0.1) is 0 Å². The number of aryl methyl sites for hydroxylation is 1. The zero-order valence-electron chi connectivity index (χ0n) is 14.5. The van der Waals surface area contributed by atoms with E-state index in [4.69, 9.17) is 0 Å². The van der Waals surface area contributed by atoms with Crippen molar-refractivity contribution in [1.82, 2.24) is 20.0 Å². The summed E-state index contributed by atoms with van der Waals surface area (Å²) >= 11 is 0. The molecule has 2 aromatic rings. The molecule has 0 saturated carbocycles. The van der Waals surface area contributed by atoms with Gasteiger partial charge in [0.2, 0.25) is 5.91 Å². The van der Waals surface area contributed by atoms with Crippen LogP contribution >= 0.6 is 0 Å². The summed E-state index contributed by atoms with van der Waals surface area (Å²) in [6.07, 6.45) is 6.33. The van der Waals surface area contributed by atoms with Crippen LogP contribution in [0.4, 0.5) is 0 Å². The number of rotatable bonds is 6. The lowest BCUT2D eigenvalue weighted by Gasteiger charge is -2.35. The number of carbonyl (C=O) groups is 1. The summed E-state index contributed by atoms with van der Waals surface area (Å²) < 4.78 is 1.72. The quantitative estimate of drug-likeness (QED) is 0.885. The Morgan fingerprint density at radius 1 is 1.29 bits per heavy atom. The minimum atomic E-state index is 0.0282. The molecule has 1 aliphatic rings. The fourth-order valence-electron chi connectivity index (χ4n) is 3.45. The molecule has 2 heterocycles. The lowest BCUT2D eigenvalue weighted by atomic mass is 9.98. The summed E-state index contributed by atoms with van der Waals surface area (Å²) in [5.74, 6) is 0.0655. The highest BCUT2D eigenvalue weighted by Crippen LogP contribution is 2.30. The molecule has 5 nitrogen and oxygen atoms in total. The van der Waals surface area contributed by atoms with Gasteiger partial charge in [0.1, 0.15) is 0 Å². The van der Waals surface area contributed by atoms with Crippen molar-refractivity contribution in [2.45, 2.75) is 38.3 Å². The smallest absolute Gasteiger partial charge is 0.224 e. The molecule has 1 N–H and O–H groups in total. The van der Waals surface area contributed by atoms with Gasteiger partial charge in [0.15, 0.2) is 0 Å². The fourth-order valence-corrected chi connectivity index (χ4v) is 3.45. The number of hydrogen-bond acceptors (Lipinski definition) is 3. The maximum Gasteiger partial charge on any atom is 0.224 e. The van der Waals surface area contributed by atoms with Crippen molar-refractivity contribution in [3.05, 3.63) is 53.9 Å². The molecule has 1 aromatic heterocycles. The molecule has 0 unspecified atom stereocenters. The number of benzene rings is 1. The number of hydrogen-bond donors (Lipinski definition) is 1. The van der Waals surface area contributed by atoms with Gasteiger partial charge >= 0.3 is 0 Å². The molecule has 0 aliphatic carbocycles. The van der Waals surface area contributed by atoms with Crippen LogP contribution in [0.2, 0.25) is 0 Å². The number of nitrogens with zero attached hydrogens (tertiary/aromatic N) is 3. The second-order valence-corrected chi connectivity index (χ2v) is 6.98. The summed E-state index contributed by atoms with van der Waals surface area (Å²) in [4.78, 5) is 14.7. The summed E-state index contributed by atoms with van der Waals surface area (Å²) in [5, 5.41) is 7.23. The molecule has 0 spiro atoms. The van der Waals surface area contributed by atoms with Crippen molar-refractivity contribution < 1.29 is 4.79 Å². The van der Waals surface area contributed by atoms with Gasteiger partial charge in [0.25, 0.3) is 0 Å². The SMILES string of the molecule is Cn1cc(CC(=O)NC[C@]2(C)CCCN2Cc2ccccc2)cn1. The predicted molar refractivity (Wildman–Crippen MR) is 94.4 cm³/mol. The van der Waals surface area contributed by atoms with E-state index in [1.165, 1.54) is 12.0 Å². The fraction of sp³-hybridized carbons (Fsp3) is 0.474. The first-order valence-electron chi connectivity index (χ1n) is 8.58. The van der Waals surface area contributed by atoms with E-state index >= 15 is 0 Å². The molecule has 3 rings (SSSR count). The third-order valence-corrected chi connectivity index (χ3v) is 4.91. The van der Waals surface area contributed by atoms with Crippen molar-refractivity contribution in [1.29, 1.82) is 0 Å². The van der Waals surface area contributed by atoms with Gasteiger partial charge in [-0.3, -0.25) is 14.4 Å². The Morgan fingerprint density at radius 3 is 2.79 bits per heavy atom. The van der Waals surface area contributed by atoms with Crippen LogP contribution in [0, 0.1) is 0 Å². The molecule has 1 aliphatic heterocycles. The Kier molecular flexibility index (Phi) is 5.00. The predicted octanol–water partition coefficient (Wildman–Crippen LogP) is 2.13. The summed E-state index contributed by atoms with van der Waals surface area (Å²) in [6.45, 7) is 4.98. The zero-order chi connectivity index (χ0) is 17.0. The topological polar surface area (TPSA) is 50.2 Å². The van der Waals surface area contributed by atoms with Crippen LogP contribution in [-0.4, -0.2) is 39.2 Å². The van der Waals surface area contributed by atoms with Crippen molar-refractivity contribution >= 4 is 5.91 Å². The molecule has 128 valence electrons. The van der Waals surface area contributed by atoms with Crippen LogP contribution < -0.4 is 5.32 Å². The number of likely N-dealkylation sites (tertiary alicyclic amines) is 1. The highest BCUT2D eigenvalue weighted by molar-refractivity contribution is 5.78. The Labute approximate surface area is 143 Å². The first-order valence-corrected chi connectivity index (χ1v) is 8.58. The molecule has 1 fully saturated rings. The van der Waals surface area contributed by atoms with E-state index in [-0.39, 0.29) is 11.4 Å². The largest absolute Gasteiger partial charge is 0.354 e. The van der Waals surface area contributed by atoms with Crippen LogP contribution in [0.5, 0.6) is 0 Å². The van der Waals surface area contributed by atoms with Gasteiger partial charge in [-0.2, -0.15) is 5.10 Å². The maximum atomic E-state index is 12.2. The molecule has 1 aromatic carbocycles. The Morgan fingerprint density at radius 2 is 2.08 bits per heavy atom. The van der Waals surface area contributed by atoms with E-state index in [1.54, 1.807) is 10.9 Å². The zero-order valence-corrected chi connectivity index (χ0v) is 14.5. The number of amides is 1. The molecule has 1 saturated heterocycles. The van der Waals surface area contributed by atoms with Gasteiger partial charge in [0.05, 0.1) is 12.6 Å². The van der Waals surface area contributed by atoms with Crippen LogP contribution in [0.1, 0.15) is 30.9 Å². The molecular weight excluding hydrogens is 300 g/mol. The van der Waals surface area contributed by atoms with Gasteiger partial charge < -0.3 is 5.32 Å². The Balaban J connectivity index is 1.55. The highest BCUT2D eigenvalue weighted by Gasteiger charge is 2.36. The highest BCUT2D eigenvalue weighted by atomic mass is 16.1. The lowest BCUT2D eigenvalue weighted by Crippen LogP contribution is -2.49. The van der Waals surface area contributed by atoms with Gasteiger partial charge in [0, 0.05) is 31.9 Å². The van der Waals surface area contributed by atoms with E-state index in [0.29, 0.717) is 13.0 Å². The second kappa shape index (κ2) is 7.18. The van der Waals surface area contributed by atoms with E-state index < -0.39 is 0 Å². The van der Waals surface area contributed by atoms with Crippen LogP contribution in [-0.2, 0) is 24.8 Å². The Bertz CT molecular complexity index is 682. The van der Waals surface area contributed by atoms with Crippen molar-refractivity contribution in [2.75, 3.05) is 13.1 Å². The van der Waals surface area contributed by atoms with Crippen molar-refractivity contribution in [3.8, 4) is 0 Å². The van der Waals surface area contributed by atoms with Gasteiger partial charge in [-0.25, -0.2) is 0 Å². The Hall–Kier alpha value is -2.14. The van der Waals surface area contributed by atoms with Crippen LogP contribution in [0.15, 0.2) is 42.7 Å². The molecular formula is C19H26N4O. The average Bonchev–Trinajstić information content (AvgIpc) is 3.13. The van der Waals surface area contributed by atoms with Gasteiger partial charge in [-0.1, -0.05) is 30.3 Å². The first kappa shape index (κ1) is 16.7. The minimum absolute atomic E-state index is 0.0282. The molecule has 24 heavy (non-hydrogen) atoms. The molecule has 1 atom stereocenters. The van der Waals surface area contributed by atoms with E-state index in [9.17, 15) is 4.79 Å². The normalized spacial score (nSPS) is 21.1. The standard InChI is InChI=1S/C19H26N4O/c1-19(15-20-18(24)11-17-12-21-22(2)13-17)9-6-10-23(19)14-16-7-4-3-5-8-16/h3-5,7-8,12-13H,6,9-11,14-15H2,1-2H3,(H,20,24)/t19-/m0/s1. The van der Waals surface area contributed by atoms with Crippen LogP contribution in [0.3, 0.4) is 0 Å². The van der Waals surface area contributed by atoms with Crippen LogP contribution in [0.25, 0.3) is 0 Å². The number of aromatic nitrogens is 2. The summed E-state index contributed by atoms with van der Waals surface area (Å²) in [6, 6.07) is 10.5. The third kappa shape index (κ3) is 4.03.